The molecule has 5 aromatic rings. The van der Waals surface area contributed by atoms with Gasteiger partial charge in [-0.3, -0.25) is 4.79 Å². The zero-order valence-corrected chi connectivity index (χ0v) is 23.2. The Bertz CT molecular complexity index is 1690. The molecule has 1 heterocycles. The number of aromatic hydroxyl groups is 1. The van der Waals surface area contributed by atoms with E-state index in [9.17, 15) is 23.1 Å². The Morgan fingerprint density at radius 3 is 1.95 bits per heavy atom. The third kappa shape index (κ3) is 6.34. The van der Waals surface area contributed by atoms with Gasteiger partial charge in [-0.25, -0.2) is 0 Å². The van der Waals surface area contributed by atoms with E-state index in [0.29, 0.717) is 18.7 Å². The van der Waals surface area contributed by atoms with E-state index in [1.807, 2.05) is 74.5 Å². The lowest BCUT2D eigenvalue weighted by Crippen LogP contribution is -3.08. The van der Waals surface area contributed by atoms with E-state index < -0.39 is 23.1 Å². The molecule has 0 amide bonds. The van der Waals surface area contributed by atoms with Crippen molar-refractivity contribution in [3.05, 3.63) is 135 Å². The van der Waals surface area contributed by atoms with E-state index in [2.05, 4.69) is 0 Å². The second-order valence-corrected chi connectivity index (χ2v) is 10.6. The van der Waals surface area contributed by atoms with Gasteiger partial charge in [-0.1, -0.05) is 92.7 Å². The lowest BCUT2D eigenvalue weighted by molar-refractivity contribution is -0.941. The van der Waals surface area contributed by atoms with Crippen LogP contribution in [0.1, 0.15) is 47.8 Å². The summed E-state index contributed by atoms with van der Waals surface area (Å²) in [7, 11) is 0. The van der Waals surface area contributed by atoms with Crippen LogP contribution in [0.5, 0.6) is 17.2 Å². The van der Waals surface area contributed by atoms with E-state index in [0.717, 1.165) is 16.0 Å². The van der Waals surface area contributed by atoms with Gasteiger partial charge in [0.2, 0.25) is 11.2 Å². The largest absolute Gasteiger partial charge is 0.507 e. The van der Waals surface area contributed by atoms with Gasteiger partial charge in [0, 0.05) is 11.1 Å². The number of para-hydroxylation sites is 1. The van der Waals surface area contributed by atoms with Gasteiger partial charge in [-0.15, -0.1) is 0 Å². The Morgan fingerprint density at radius 1 is 0.810 bits per heavy atom. The molecule has 0 bridgehead atoms. The predicted molar refractivity (Wildman–Crippen MR) is 155 cm³/mol. The van der Waals surface area contributed by atoms with E-state index in [1.54, 1.807) is 18.2 Å². The molecule has 0 unspecified atom stereocenters. The summed E-state index contributed by atoms with van der Waals surface area (Å²) in [6.07, 6.45) is -5.03. The molecule has 0 aliphatic carbocycles. The molecule has 0 aliphatic heterocycles. The number of fused-ring (bicyclic) bond motifs is 1. The van der Waals surface area contributed by atoms with Crippen molar-refractivity contribution in [3.63, 3.8) is 0 Å². The third-order valence-corrected chi connectivity index (χ3v) is 7.13. The van der Waals surface area contributed by atoms with Crippen LogP contribution < -0.4 is 15.1 Å². The summed E-state index contributed by atoms with van der Waals surface area (Å²) in [5.74, 6) is -2.65. The first-order valence-electron chi connectivity index (χ1n) is 13.7. The fourth-order valence-corrected chi connectivity index (χ4v) is 5.10. The summed E-state index contributed by atoms with van der Waals surface area (Å²) >= 11 is 0. The fourth-order valence-electron chi connectivity index (χ4n) is 5.10. The quantitative estimate of drug-likeness (QED) is 0.195. The summed E-state index contributed by atoms with van der Waals surface area (Å²) in [4.78, 5) is 14.6. The monoisotopic (exact) mass is 574 g/mol. The first-order valence-corrected chi connectivity index (χ1v) is 13.7. The van der Waals surface area contributed by atoms with Crippen LogP contribution in [0.25, 0.3) is 11.0 Å². The zero-order valence-electron chi connectivity index (χ0n) is 23.2. The van der Waals surface area contributed by atoms with Crippen molar-refractivity contribution in [2.75, 3.05) is 0 Å². The number of alkyl halides is 3. The molecule has 2 N–H and O–H groups in total. The minimum Gasteiger partial charge on any atom is -0.507 e. The molecule has 0 atom stereocenters. The summed E-state index contributed by atoms with van der Waals surface area (Å²) < 4.78 is 54.4. The van der Waals surface area contributed by atoms with E-state index >= 15 is 0 Å². The SMILES string of the molecule is CC(C)c1ccccc1Oc1c(C(F)(F)F)oc2c(C[NH+](Cc3ccccc3)Cc3ccccc3)c(O)ccc2c1=O. The lowest BCUT2D eigenvalue weighted by Gasteiger charge is -2.22. The molecule has 0 spiro atoms. The number of phenolic OH excluding ortho intramolecular Hbond substituents is 1. The minimum atomic E-state index is -5.03. The van der Waals surface area contributed by atoms with Crippen molar-refractivity contribution in [2.24, 2.45) is 0 Å². The van der Waals surface area contributed by atoms with E-state index in [4.69, 9.17) is 9.15 Å². The number of ether oxygens (including phenoxy) is 1. The van der Waals surface area contributed by atoms with Crippen LogP contribution in [-0.4, -0.2) is 5.11 Å². The number of nitrogens with one attached hydrogen (secondary N) is 1. The number of phenols is 1. The van der Waals surface area contributed by atoms with Gasteiger partial charge in [-0.05, 0) is 29.7 Å². The van der Waals surface area contributed by atoms with Gasteiger partial charge in [0.15, 0.2) is 5.58 Å². The smallest absolute Gasteiger partial charge is 0.453 e. The van der Waals surface area contributed by atoms with Crippen molar-refractivity contribution in [3.8, 4) is 17.2 Å². The molecule has 8 heteroatoms. The molecule has 42 heavy (non-hydrogen) atoms. The molecule has 0 fully saturated rings. The Kier molecular flexibility index (Phi) is 8.36. The van der Waals surface area contributed by atoms with Gasteiger partial charge in [0.1, 0.15) is 31.1 Å². The summed E-state index contributed by atoms with van der Waals surface area (Å²) in [6, 6.07) is 28.6. The Balaban J connectivity index is 1.63. The van der Waals surface area contributed by atoms with Gasteiger partial charge in [0.25, 0.3) is 5.76 Å². The molecular weight excluding hydrogens is 543 g/mol. The summed E-state index contributed by atoms with van der Waals surface area (Å²) in [6.45, 7) is 4.90. The van der Waals surface area contributed by atoms with Gasteiger partial charge in [-0.2, -0.15) is 13.2 Å². The number of halogens is 3. The number of benzene rings is 4. The Labute approximate surface area is 241 Å². The first kappa shape index (κ1) is 29.0. The highest BCUT2D eigenvalue weighted by atomic mass is 19.4. The van der Waals surface area contributed by atoms with Crippen LogP contribution in [0.15, 0.2) is 106 Å². The highest BCUT2D eigenvalue weighted by Crippen LogP contribution is 2.41. The highest BCUT2D eigenvalue weighted by Gasteiger charge is 2.41. The number of hydrogen-bond acceptors (Lipinski definition) is 4. The van der Waals surface area contributed by atoms with Gasteiger partial charge < -0.3 is 19.2 Å². The average molecular weight is 575 g/mol. The van der Waals surface area contributed by atoms with Crippen LogP contribution in [0, 0.1) is 0 Å². The molecule has 5 nitrogen and oxygen atoms in total. The standard InChI is InChI=1S/C34H30F3NO4/c1-22(2)25-15-9-10-16-29(25)41-32-30(40)26-17-18-28(39)27(31(26)42-33(32)34(35,36)37)21-38(19-23-11-5-3-6-12-23)20-24-13-7-4-8-14-24/h3-18,22,39H,19-21H2,1-2H3/p+1. The molecule has 0 saturated heterocycles. The topological polar surface area (TPSA) is 64.1 Å². The average Bonchev–Trinajstić information content (AvgIpc) is 2.96. The second-order valence-electron chi connectivity index (χ2n) is 10.6. The maximum Gasteiger partial charge on any atom is 0.453 e. The van der Waals surface area contributed by atoms with Crippen LogP contribution in [0.2, 0.25) is 0 Å². The number of rotatable bonds is 9. The van der Waals surface area contributed by atoms with Crippen molar-refractivity contribution in [2.45, 2.75) is 45.6 Å². The van der Waals surface area contributed by atoms with Gasteiger partial charge >= 0.3 is 6.18 Å². The Hall–Kier alpha value is -4.56. The van der Waals surface area contributed by atoms with Crippen LogP contribution >= 0.6 is 0 Å². The van der Waals surface area contributed by atoms with E-state index in [1.165, 1.54) is 18.2 Å². The molecule has 4 aromatic carbocycles. The van der Waals surface area contributed by atoms with E-state index in [-0.39, 0.29) is 40.5 Å². The zero-order chi connectivity index (χ0) is 29.9. The van der Waals surface area contributed by atoms with Crippen LogP contribution in [0.4, 0.5) is 13.2 Å². The maximum absolute atomic E-state index is 14.4. The molecule has 0 saturated carbocycles. The number of quaternary nitrogens is 1. The second kappa shape index (κ2) is 12.1. The maximum atomic E-state index is 14.4. The van der Waals surface area contributed by atoms with Crippen LogP contribution in [0.3, 0.4) is 0 Å². The number of hydrogen-bond donors (Lipinski definition) is 2. The van der Waals surface area contributed by atoms with Crippen molar-refractivity contribution < 1.29 is 32.3 Å². The lowest BCUT2D eigenvalue weighted by atomic mass is 10.0. The first-order chi connectivity index (χ1) is 20.1. The highest BCUT2D eigenvalue weighted by molar-refractivity contribution is 5.83. The molecule has 0 radical (unpaired) electrons. The predicted octanol–water partition coefficient (Wildman–Crippen LogP) is 7.22. The summed E-state index contributed by atoms with van der Waals surface area (Å²) in [5, 5.41) is 10.8. The van der Waals surface area contributed by atoms with Crippen LogP contribution in [-0.2, 0) is 25.8 Å². The fraction of sp³-hybridized carbons (Fsp3) is 0.206. The molecule has 5 rings (SSSR count). The normalized spacial score (nSPS) is 11.9. The molecule has 0 aliphatic rings. The van der Waals surface area contributed by atoms with Crippen molar-refractivity contribution in [1.82, 2.24) is 0 Å². The third-order valence-electron chi connectivity index (χ3n) is 7.13. The van der Waals surface area contributed by atoms with Gasteiger partial charge in [0.05, 0.1) is 10.9 Å². The Morgan fingerprint density at radius 2 is 1.38 bits per heavy atom. The molecular formula is C34H31F3NO4+. The summed E-state index contributed by atoms with van der Waals surface area (Å²) in [5.41, 5.74) is 1.52. The van der Waals surface area contributed by atoms with Crippen molar-refractivity contribution in [1.29, 1.82) is 0 Å². The molecule has 1 aromatic heterocycles. The molecule has 216 valence electrons. The van der Waals surface area contributed by atoms with Crippen molar-refractivity contribution >= 4 is 11.0 Å². The minimum absolute atomic E-state index is 0.0604.